The van der Waals surface area contributed by atoms with Gasteiger partial charge in [-0.05, 0) is 374 Å². The third kappa shape index (κ3) is 22.5. The van der Waals surface area contributed by atoms with Gasteiger partial charge >= 0.3 is 14.2 Å². The number of anilines is 6. The van der Waals surface area contributed by atoms with E-state index in [4.69, 9.17) is 37.6 Å². The van der Waals surface area contributed by atoms with Crippen LogP contribution in [-0.4, -0.2) is 63.1 Å². The Hall–Kier alpha value is -10.2. The van der Waals surface area contributed by atoms with E-state index >= 15 is 0 Å². The van der Waals surface area contributed by atoms with E-state index < -0.39 is 47.5 Å². The summed E-state index contributed by atoms with van der Waals surface area (Å²) in [5, 5.41) is 0. The van der Waals surface area contributed by atoms with Crippen LogP contribution in [0.15, 0.2) is 309 Å². The van der Waals surface area contributed by atoms with E-state index in [1.807, 2.05) is 0 Å². The Labute approximate surface area is 906 Å². The summed E-state index contributed by atoms with van der Waals surface area (Å²) in [5.74, 6) is 4.90. The summed E-state index contributed by atoms with van der Waals surface area (Å²) < 4.78 is 57.3. The predicted molar refractivity (Wildman–Crippen MR) is 627 cm³/mol. The molecular weight excluding hydrogens is 2060 g/mol. The lowest BCUT2D eigenvalue weighted by Crippen LogP contribution is -2.41. The highest BCUT2D eigenvalue weighted by molar-refractivity contribution is 9.11. The van der Waals surface area contributed by atoms with Gasteiger partial charge in [0.2, 0.25) is 0 Å². The predicted octanol–water partition coefficient (Wildman–Crippen LogP) is 35.6. The molecule has 0 N–H and O–H groups in total. The van der Waals surface area contributed by atoms with E-state index in [1.165, 1.54) is 106 Å². The van der Waals surface area contributed by atoms with Crippen molar-refractivity contribution >= 4 is 123 Å². The first-order valence-corrected chi connectivity index (χ1v) is 55.6. The topological polar surface area (TPSA) is 80.3 Å². The molecule has 758 valence electrons. The molecule has 4 aliphatic rings. The minimum absolute atomic E-state index is 0.102. The molecule has 0 aromatic heterocycles. The van der Waals surface area contributed by atoms with E-state index in [0.29, 0.717) is 50.1 Å². The normalized spacial score (nSPS) is 16.0. The minimum Gasteiger partial charge on any atom is -0.489 e. The van der Waals surface area contributed by atoms with E-state index in [0.717, 1.165) is 117 Å². The average Bonchev–Trinajstić information content (AvgIpc) is 1.53. The molecule has 14 aromatic rings. The third-order valence-electron chi connectivity index (χ3n) is 31.3. The van der Waals surface area contributed by atoms with Crippen molar-refractivity contribution in [2.75, 3.05) is 36.2 Å². The molecule has 0 amide bonds. The molecule has 4 unspecified atom stereocenters. The fourth-order valence-electron chi connectivity index (χ4n) is 19.9. The molecule has 2 fully saturated rings. The van der Waals surface area contributed by atoms with Gasteiger partial charge in [-0.1, -0.05) is 343 Å². The third-order valence-corrected chi connectivity index (χ3v) is 33.3. The quantitative estimate of drug-likeness (QED) is 0.0423. The minimum atomic E-state index is -0.760. The monoisotopic (exact) mass is 2200 g/mol. The van der Waals surface area contributed by atoms with Crippen molar-refractivity contribution in [1.82, 2.24) is 0 Å². The summed E-state index contributed by atoms with van der Waals surface area (Å²) in [4.78, 5) is 4.62. The van der Waals surface area contributed by atoms with Crippen molar-refractivity contribution in [3.8, 4) is 56.4 Å². The maximum atomic E-state index is 6.76. The summed E-state index contributed by atoms with van der Waals surface area (Å²) in [7, 11) is -1.04. The number of rotatable bonds is 29. The van der Waals surface area contributed by atoms with Gasteiger partial charge in [-0.2, -0.15) is 0 Å². The lowest BCUT2D eigenvalue weighted by atomic mass is 9.64. The van der Waals surface area contributed by atoms with Crippen LogP contribution in [0.25, 0.3) is 33.4 Å². The van der Waals surface area contributed by atoms with Crippen molar-refractivity contribution < 1.29 is 37.6 Å². The number of aryl methyl sites for hydroxylation is 4. The number of ether oxygens (including phenoxy) is 4. The molecule has 18 rings (SSSR count). The van der Waals surface area contributed by atoms with Crippen molar-refractivity contribution in [2.24, 2.45) is 23.7 Å². The highest BCUT2D eigenvalue weighted by Gasteiger charge is 2.56. The van der Waals surface area contributed by atoms with Gasteiger partial charge < -0.3 is 47.4 Å². The van der Waals surface area contributed by atoms with Gasteiger partial charge in [-0.15, -0.1) is 0 Å². The number of fused-ring (bicyclic) bond motifs is 6. The molecule has 10 nitrogen and oxygen atoms in total. The second-order valence-electron chi connectivity index (χ2n) is 45.2. The highest BCUT2D eigenvalue weighted by atomic mass is 79.9. The number of nitrogens with zero attached hydrogens (tertiary/aromatic N) is 2. The Bertz CT molecular complexity index is 6650. The number of benzene rings is 14. The fraction of sp³-hybridized carbons (Fsp3) is 0.354. The molecule has 2 aliphatic heterocycles. The van der Waals surface area contributed by atoms with Crippen LogP contribution >= 0.6 is 63.7 Å². The van der Waals surface area contributed by atoms with Crippen molar-refractivity contribution in [3.63, 3.8) is 0 Å². The van der Waals surface area contributed by atoms with Gasteiger partial charge in [0.1, 0.15) is 0 Å². The summed E-state index contributed by atoms with van der Waals surface area (Å²) in [6.45, 7) is 59.5. The van der Waals surface area contributed by atoms with Gasteiger partial charge in [0, 0.05) is 52.0 Å². The van der Waals surface area contributed by atoms with Crippen molar-refractivity contribution in [1.29, 1.82) is 0 Å². The molecular formula is C130H146B2Br4N2O8. The Morgan fingerprint density at radius 3 is 0.829 bits per heavy atom. The molecule has 146 heavy (non-hydrogen) atoms. The summed E-state index contributed by atoms with van der Waals surface area (Å²) >= 11 is 14.8. The first kappa shape index (κ1) is 108. The molecule has 2 aliphatic carbocycles. The van der Waals surface area contributed by atoms with Gasteiger partial charge in [-0.3, -0.25) is 0 Å². The first-order valence-electron chi connectivity index (χ1n) is 52.4. The maximum absolute atomic E-state index is 6.76. The molecule has 16 heteroatoms. The van der Waals surface area contributed by atoms with Gasteiger partial charge in [-0.25, -0.2) is 0 Å². The molecule has 2 saturated heterocycles. The van der Waals surface area contributed by atoms with Crippen LogP contribution in [0, 0.1) is 51.4 Å². The van der Waals surface area contributed by atoms with Crippen LogP contribution < -0.4 is 39.7 Å². The second kappa shape index (κ2) is 44.1. The Morgan fingerprint density at radius 2 is 0.541 bits per heavy atom. The van der Waals surface area contributed by atoms with E-state index in [2.05, 4.69) is 545 Å². The molecule has 0 spiro atoms. The van der Waals surface area contributed by atoms with Gasteiger partial charge in [0.05, 0.1) is 59.7 Å². The van der Waals surface area contributed by atoms with E-state index in [1.54, 1.807) is 0 Å². The van der Waals surface area contributed by atoms with Crippen LogP contribution in [-0.2, 0) is 40.3 Å². The van der Waals surface area contributed by atoms with Gasteiger partial charge in [0.15, 0.2) is 23.0 Å². The standard InChI is InChI=1S/C49H64B2O6.C44H42Br2N2.C37H40Br2O2/c1-15-31(3)29-52-43-24-19-35(26-44(43)53-30-32(4)16-2)49(40-25-33(5)17-18-34(40)6)41-27-36(50-54-45(7,8)46(9,10)55-50)20-22-38(41)39-23-21-37(28-42(39)49)51-56-47(11,12)48(13,14)57-51;1-43(2,3)33-11-23-39(24-12-33)47(41-27-15-35(45)16-28-41)37-19-7-31(8-20-37)32-9-21-38(22-10-32)48(42-29-17-36(46)18-30-42)40-25-13-34(14-26-40)44(4,5)6;1-7-23(3)21-40-35-16-11-27(18-36(35)41-22-24(4)8-2)37(32-17-25(5)9-10-26(32)6)33-19-28(38)12-14-30(33)31-15-13-29(39)20-34(31)37/h17-28,31-32H,15-16,29-30H2,1-14H3;7-30H,1-6H3;9-20,23-24H,7-8,21-22H2,1-6H3. The summed E-state index contributed by atoms with van der Waals surface area (Å²) in [5.41, 5.74) is 30.1. The van der Waals surface area contributed by atoms with Crippen LogP contribution in [0.4, 0.5) is 34.1 Å². The first-order chi connectivity index (χ1) is 69.3. The van der Waals surface area contributed by atoms with Crippen molar-refractivity contribution in [3.05, 3.63) is 387 Å². The molecule has 4 atom stereocenters. The molecule has 0 saturated carbocycles. The van der Waals surface area contributed by atoms with Crippen LogP contribution in [0.1, 0.15) is 256 Å². The van der Waals surface area contributed by atoms with Gasteiger partial charge in [0.25, 0.3) is 0 Å². The molecule has 0 radical (unpaired) electrons. The zero-order valence-electron chi connectivity index (χ0n) is 90.5. The van der Waals surface area contributed by atoms with Crippen LogP contribution in [0.2, 0.25) is 0 Å². The Kier molecular flexibility index (Phi) is 32.8. The van der Waals surface area contributed by atoms with Crippen molar-refractivity contribution in [2.45, 2.75) is 250 Å². The molecule has 2 heterocycles. The Balaban J connectivity index is 0.000000159. The second-order valence-corrected chi connectivity index (χ2v) is 48.9. The zero-order chi connectivity index (χ0) is 105. The maximum Gasteiger partial charge on any atom is 0.494 e. The smallest absolute Gasteiger partial charge is 0.489 e. The van der Waals surface area contributed by atoms with Crippen LogP contribution in [0.5, 0.6) is 23.0 Å². The molecule has 0 bridgehead atoms. The summed E-state index contributed by atoms with van der Waals surface area (Å²) in [6.07, 6.45) is 4.21. The number of hydrogen-bond acceptors (Lipinski definition) is 10. The number of hydrogen-bond donors (Lipinski definition) is 0. The van der Waals surface area contributed by atoms with E-state index in [9.17, 15) is 0 Å². The Morgan fingerprint density at radius 1 is 0.281 bits per heavy atom. The number of halogens is 4. The lowest BCUT2D eigenvalue weighted by molar-refractivity contribution is 0.00578. The fourth-order valence-corrected chi connectivity index (χ4v) is 21.2. The van der Waals surface area contributed by atoms with Crippen LogP contribution in [0.3, 0.4) is 0 Å². The SMILES string of the molecule is CC(C)(C)c1ccc(N(c2ccc(Br)cc2)c2ccc(-c3ccc(N(c4ccc(Br)cc4)c4ccc(C(C)(C)C)cc4)cc3)cc2)cc1.CCC(C)COc1ccc(C2(c3cc(C)ccc3C)c3cc(B4OC(C)(C)C(C)(C)O4)ccc3-c3ccc(B4OC(C)(C)C(C)(C)O4)cc32)cc1OCC(C)CC.CCC(C)COc1ccc(C2(c3cc(C)ccc3C)c3cc(Br)ccc3-c3ccc(Br)cc32)cc1OCC(C)CC. The lowest BCUT2D eigenvalue weighted by Gasteiger charge is -2.36. The largest absolute Gasteiger partial charge is 0.494 e. The molecule has 14 aromatic carbocycles. The van der Waals surface area contributed by atoms with E-state index in [-0.39, 0.29) is 10.8 Å². The average molecular weight is 2210 g/mol. The summed E-state index contributed by atoms with van der Waals surface area (Å²) in [6, 6.07) is 106. The zero-order valence-corrected chi connectivity index (χ0v) is 96.9. The highest BCUT2D eigenvalue weighted by Crippen LogP contribution is 2.61.